The number of rotatable bonds is 9. The third-order valence-corrected chi connectivity index (χ3v) is 12.3. The maximum atomic E-state index is 10.5. The summed E-state index contributed by atoms with van der Waals surface area (Å²) >= 11 is 0. The van der Waals surface area contributed by atoms with Gasteiger partial charge in [0.15, 0.2) is 11.4 Å². The second-order valence-corrected chi connectivity index (χ2v) is 16.3. The third kappa shape index (κ3) is 7.47. The maximum Gasteiger partial charge on any atom is 0.198 e. The third-order valence-electron chi connectivity index (χ3n) is 12.3. The molecule has 7 nitrogen and oxygen atoms in total. The highest BCUT2D eigenvalue weighted by Gasteiger charge is 2.19. The van der Waals surface area contributed by atoms with E-state index in [-0.39, 0.29) is 0 Å². The Kier molecular flexibility index (Phi) is 10.6. The molecule has 0 unspecified atom stereocenters. The van der Waals surface area contributed by atoms with Crippen molar-refractivity contribution < 1.29 is 0 Å². The second-order valence-electron chi connectivity index (χ2n) is 16.3. The van der Waals surface area contributed by atoms with Gasteiger partial charge in [0.1, 0.15) is 5.82 Å². The number of nitriles is 1. The van der Waals surface area contributed by atoms with Crippen molar-refractivity contribution in [3.05, 3.63) is 253 Å². The van der Waals surface area contributed by atoms with E-state index in [4.69, 9.17) is 23.1 Å². The topological polar surface area (TPSA) is 66.5 Å². The lowest BCUT2D eigenvalue weighted by molar-refractivity contribution is 1.18. The first-order chi connectivity index (χ1) is 33.6. The van der Waals surface area contributed by atoms with Crippen molar-refractivity contribution in [1.29, 1.82) is 5.26 Å². The summed E-state index contributed by atoms with van der Waals surface area (Å²) in [5.74, 6) is 0.347. The van der Waals surface area contributed by atoms with Gasteiger partial charge >= 0.3 is 0 Å². The molecule has 0 bridgehead atoms. The molecule has 0 fully saturated rings. The summed E-state index contributed by atoms with van der Waals surface area (Å²) < 4.78 is 2.34. The molecule has 2 aromatic heterocycles. The summed E-state index contributed by atoms with van der Waals surface area (Å²) in [6.45, 7) is 15.6. The minimum Gasteiger partial charge on any atom is -0.310 e. The van der Waals surface area contributed by atoms with E-state index in [1.807, 2.05) is 66.7 Å². The Morgan fingerprint density at radius 3 is 1.59 bits per heavy atom. The first-order valence-electron chi connectivity index (χ1n) is 22.1. The SMILES string of the molecule is [C-]#[N+]c1ccccc1-c1cc(-c2ccc(-c3ccc(-c4ccc(-n5c6ccccc6c6cc(N(c7ccccc7)c7ccccc7)ccc65)cc4)cc3)cc2C#N)nc(-c2ccccc2[N+]#[C-])n1. The Balaban J connectivity index is 0.903. The zero-order valence-electron chi connectivity index (χ0n) is 36.5. The Morgan fingerprint density at radius 2 is 0.941 bits per heavy atom. The molecule has 11 rings (SSSR count). The van der Waals surface area contributed by atoms with Gasteiger partial charge in [0.25, 0.3) is 0 Å². The van der Waals surface area contributed by atoms with Crippen molar-refractivity contribution in [2.45, 2.75) is 0 Å². The van der Waals surface area contributed by atoms with Crippen LogP contribution in [0.4, 0.5) is 28.4 Å². The zero-order valence-corrected chi connectivity index (χ0v) is 36.5. The number of hydrogen-bond acceptors (Lipinski definition) is 4. The molecule has 0 atom stereocenters. The van der Waals surface area contributed by atoms with Crippen LogP contribution in [0.25, 0.3) is 93.3 Å². The van der Waals surface area contributed by atoms with Crippen LogP contribution in [0.3, 0.4) is 0 Å². The van der Waals surface area contributed by atoms with E-state index in [0.29, 0.717) is 50.8 Å². The van der Waals surface area contributed by atoms with Crippen LogP contribution in [0.2, 0.25) is 0 Å². The van der Waals surface area contributed by atoms with E-state index in [1.54, 1.807) is 18.2 Å². The van der Waals surface area contributed by atoms with Crippen molar-refractivity contribution in [2.24, 2.45) is 0 Å². The molecule has 11 aromatic rings. The van der Waals surface area contributed by atoms with Gasteiger partial charge in [-0.1, -0.05) is 152 Å². The number of fused-ring (bicyclic) bond motifs is 3. The van der Waals surface area contributed by atoms with Crippen molar-refractivity contribution >= 4 is 50.2 Å². The fourth-order valence-corrected chi connectivity index (χ4v) is 9.07. The summed E-state index contributed by atoms with van der Waals surface area (Å²) in [7, 11) is 0. The lowest BCUT2D eigenvalue weighted by atomic mass is 9.95. The second kappa shape index (κ2) is 17.6. The van der Waals surface area contributed by atoms with Gasteiger partial charge in [-0.15, -0.1) is 0 Å². The molecular weight excluding hydrogens is 831 g/mol. The molecule has 9 aromatic carbocycles. The van der Waals surface area contributed by atoms with Crippen LogP contribution in [0.1, 0.15) is 5.56 Å². The highest BCUT2D eigenvalue weighted by atomic mass is 15.1. The summed E-state index contributed by atoms with van der Waals surface area (Å²) in [5.41, 5.74) is 14.9. The molecule has 0 aliphatic rings. The zero-order chi connectivity index (χ0) is 46.0. The van der Waals surface area contributed by atoms with Gasteiger partial charge in [-0.3, -0.25) is 0 Å². The van der Waals surface area contributed by atoms with E-state index >= 15 is 0 Å². The molecule has 316 valence electrons. The average Bonchev–Trinajstić information content (AvgIpc) is 3.75. The number of anilines is 3. The van der Waals surface area contributed by atoms with Gasteiger partial charge in [-0.05, 0) is 95.1 Å². The van der Waals surface area contributed by atoms with Crippen molar-refractivity contribution in [3.8, 4) is 67.9 Å². The number of aromatic nitrogens is 3. The molecule has 0 aliphatic carbocycles. The molecule has 0 N–H and O–H groups in total. The van der Waals surface area contributed by atoms with Crippen LogP contribution in [-0.2, 0) is 0 Å². The van der Waals surface area contributed by atoms with Crippen LogP contribution in [0, 0.1) is 24.5 Å². The monoisotopic (exact) mass is 867 g/mol. The summed E-state index contributed by atoms with van der Waals surface area (Å²) in [4.78, 5) is 19.5. The first kappa shape index (κ1) is 40.9. The predicted molar refractivity (Wildman–Crippen MR) is 275 cm³/mol. The van der Waals surface area contributed by atoms with Gasteiger partial charge in [-0.2, -0.15) is 5.26 Å². The quantitative estimate of drug-likeness (QED) is 0.136. The number of para-hydroxylation sites is 5. The molecule has 0 saturated carbocycles. The highest BCUT2D eigenvalue weighted by molar-refractivity contribution is 6.10. The van der Waals surface area contributed by atoms with E-state index < -0.39 is 0 Å². The molecule has 7 heteroatoms. The minimum absolute atomic E-state index is 0.347. The van der Waals surface area contributed by atoms with Crippen LogP contribution in [-0.4, -0.2) is 14.5 Å². The number of hydrogen-bond donors (Lipinski definition) is 0. The fourth-order valence-electron chi connectivity index (χ4n) is 9.07. The average molecular weight is 868 g/mol. The number of benzene rings is 9. The smallest absolute Gasteiger partial charge is 0.198 e. The van der Waals surface area contributed by atoms with Gasteiger partial charge in [0.05, 0.1) is 47.2 Å². The van der Waals surface area contributed by atoms with Gasteiger partial charge < -0.3 is 9.47 Å². The summed E-state index contributed by atoms with van der Waals surface area (Å²) in [6, 6.07) is 77.9. The molecule has 0 amide bonds. The number of nitrogens with zero attached hydrogens (tertiary/aromatic N) is 7. The van der Waals surface area contributed by atoms with Crippen LogP contribution in [0.5, 0.6) is 0 Å². The molecule has 0 aliphatic heterocycles. The highest BCUT2D eigenvalue weighted by Crippen LogP contribution is 2.41. The van der Waals surface area contributed by atoms with E-state index in [1.165, 1.54) is 10.8 Å². The van der Waals surface area contributed by atoms with Gasteiger partial charge in [0.2, 0.25) is 0 Å². The Hall–Kier alpha value is -9.87. The standard InChI is InChI=1S/C61H37N7/c1-63-55-22-12-9-20-52(55)58-39-57(65-61(66-58)53-21-10-13-23-56(53)64-2)50-35-31-44(37-45(50)40-62)43-27-25-41(26-28-43)42-29-32-48(33-30-42)68-59-24-14-11-19-51(59)54-38-49(34-36-60(54)68)67(46-15-5-3-6-16-46)47-17-7-4-8-18-47/h3-39H. The minimum atomic E-state index is 0.347. The Bertz CT molecular complexity index is 3700. The van der Waals surface area contributed by atoms with Gasteiger partial charge in [-0.25, -0.2) is 19.7 Å². The molecule has 0 saturated heterocycles. The fraction of sp³-hybridized carbons (Fsp3) is 0. The van der Waals surface area contributed by atoms with E-state index in [2.05, 4.69) is 165 Å². The van der Waals surface area contributed by atoms with Gasteiger partial charge in [0, 0.05) is 50.2 Å². The van der Waals surface area contributed by atoms with E-state index in [9.17, 15) is 5.26 Å². The lowest BCUT2D eigenvalue weighted by Crippen LogP contribution is -2.09. The first-order valence-corrected chi connectivity index (χ1v) is 22.1. The Morgan fingerprint density at radius 1 is 0.426 bits per heavy atom. The molecule has 2 heterocycles. The van der Waals surface area contributed by atoms with Crippen LogP contribution >= 0.6 is 0 Å². The van der Waals surface area contributed by atoms with Crippen molar-refractivity contribution in [3.63, 3.8) is 0 Å². The lowest BCUT2D eigenvalue weighted by Gasteiger charge is -2.25. The normalized spacial score (nSPS) is 10.9. The predicted octanol–water partition coefficient (Wildman–Crippen LogP) is 16.4. The summed E-state index contributed by atoms with van der Waals surface area (Å²) in [6.07, 6.45) is 0. The molecular formula is C61H37N7. The van der Waals surface area contributed by atoms with Crippen molar-refractivity contribution in [2.75, 3.05) is 4.90 Å². The summed E-state index contributed by atoms with van der Waals surface area (Å²) in [5, 5.41) is 12.9. The molecule has 0 radical (unpaired) electrons. The molecule has 68 heavy (non-hydrogen) atoms. The molecule has 0 spiro atoms. The largest absolute Gasteiger partial charge is 0.310 e. The van der Waals surface area contributed by atoms with Crippen LogP contribution in [0.15, 0.2) is 224 Å². The van der Waals surface area contributed by atoms with Crippen LogP contribution < -0.4 is 4.90 Å². The maximum absolute atomic E-state index is 10.5. The van der Waals surface area contributed by atoms with E-state index in [0.717, 1.165) is 56.0 Å². The Labute approximate surface area is 394 Å². The van der Waals surface area contributed by atoms with Crippen molar-refractivity contribution in [1.82, 2.24) is 14.5 Å².